The summed E-state index contributed by atoms with van der Waals surface area (Å²) >= 11 is 0. The number of primary amides is 1. The third-order valence-corrected chi connectivity index (χ3v) is 1.97. The van der Waals surface area contributed by atoms with Gasteiger partial charge in [-0.15, -0.1) is 0 Å². The summed E-state index contributed by atoms with van der Waals surface area (Å²) in [6, 6.07) is 6.24. The highest BCUT2D eigenvalue weighted by atomic mass is 16.5. The van der Waals surface area contributed by atoms with Gasteiger partial charge in [0.25, 0.3) is 0 Å². The molecule has 1 aromatic rings. The Kier molecular flexibility index (Phi) is 4.02. The molecular formula is C11H14N2O3. The molecule has 0 aliphatic heterocycles. The molecule has 0 aromatic heterocycles. The molecule has 4 N–H and O–H groups in total. The Bertz CT molecular complexity index is 404. The Morgan fingerprint density at radius 1 is 1.44 bits per heavy atom. The van der Waals surface area contributed by atoms with Crippen LogP contribution in [0.3, 0.4) is 0 Å². The van der Waals surface area contributed by atoms with Crippen LogP contribution in [0.5, 0.6) is 5.75 Å². The minimum atomic E-state index is -0.479. The molecule has 0 saturated carbocycles. The second kappa shape index (κ2) is 5.27. The van der Waals surface area contributed by atoms with Crippen LogP contribution in [-0.4, -0.2) is 11.9 Å². The lowest BCUT2D eigenvalue weighted by molar-refractivity contribution is -0.131. The lowest BCUT2D eigenvalue weighted by atomic mass is 10.0. The van der Waals surface area contributed by atoms with Gasteiger partial charge < -0.3 is 16.2 Å². The summed E-state index contributed by atoms with van der Waals surface area (Å²) in [5.74, 6) is -0.462. The van der Waals surface area contributed by atoms with Crippen LogP contribution in [0.25, 0.3) is 0 Å². The molecule has 1 atom stereocenters. The van der Waals surface area contributed by atoms with E-state index >= 15 is 0 Å². The van der Waals surface area contributed by atoms with Crippen molar-refractivity contribution in [3.05, 3.63) is 29.8 Å². The third kappa shape index (κ3) is 3.70. The summed E-state index contributed by atoms with van der Waals surface area (Å²) in [5, 5.41) is 0. The van der Waals surface area contributed by atoms with Crippen molar-refractivity contribution in [3.63, 3.8) is 0 Å². The highest BCUT2D eigenvalue weighted by molar-refractivity contribution is 5.74. The highest BCUT2D eigenvalue weighted by Gasteiger charge is 2.10. The van der Waals surface area contributed by atoms with Crippen molar-refractivity contribution < 1.29 is 14.3 Å². The van der Waals surface area contributed by atoms with Crippen molar-refractivity contribution in [3.8, 4) is 5.75 Å². The molecule has 1 amide bonds. The first-order valence-corrected chi connectivity index (χ1v) is 4.81. The molecule has 5 heteroatoms. The zero-order chi connectivity index (χ0) is 12.1. The van der Waals surface area contributed by atoms with Gasteiger partial charge in [0.2, 0.25) is 5.91 Å². The van der Waals surface area contributed by atoms with E-state index in [1.807, 2.05) is 0 Å². The Labute approximate surface area is 93.4 Å². The zero-order valence-electron chi connectivity index (χ0n) is 8.97. The van der Waals surface area contributed by atoms with E-state index in [1.54, 1.807) is 24.3 Å². The van der Waals surface area contributed by atoms with Gasteiger partial charge in [-0.3, -0.25) is 9.59 Å². The summed E-state index contributed by atoms with van der Waals surface area (Å²) in [6.07, 6.45) is 0.0591. The number of nitrogens with two attached hydrogens (primary N) is 2. The van der Waals surface area contributed by atoms with Crippen molar-refractivity contribution in [1.29, 1.82) is 0 Å². The van der Waals surface area contributed by atoms with Gasteiger partial charge in [-0.25, -0.2) is 0 Å². The van der Waals surface area contributed by atoms with E-state index in [9.17, 15) is 9.59 Å². The minimum absolute atomic E-state index is 0.0591. The predicted octanol–water partition coefficient (Wildman–Crippen LogP) is 0.487. The predicted molar refractivity (Wildman–Crippen MR) is 58.5 cm³/mol. The fourth-order valence-electron chi connectivity index (χ4n) is 1.31. The molecule has 16 heavy (non-hydrogen) atoms. The summed E-state index contributed by atoms with van der Waals surface area (Å²) in [7, 11) is 0. The Hall–Kier alpha value is -1.88. The number of hydrogen-bond acceptors (Lipinski definition) is 4. The molecular weight excluding hydrogens is 208 g/mol. The van der Waals surface area contributed by atoms with Crippen LogP contribution in [0.4, 0.5) is 0 Å². The van der Waals surface area contributed by atoms with Gasteiger partial charge in [0.1, 0.15) is 5.75 Å². The van der Waals surface area contributed by atoms with Crippen LogP contribution >= 0.6 is 0 Å². The van der Waals surface area contributed by atoms with Crippen molar-refractivity contribution in [2.24, 2.45) is 11.5 Å². The fourth-order valence-corrected chi connectivity index (χ4v) is 1.31. The molecule has 0 aliphatic carbocycles. The minimum Gasteiger partial charge on any atom is -0.427 e. The molecule has 0 spiro atoms. The van der Waals surface area contributed by atoms with Gasteiger partial charge in [0, 0.05) is 19.4 Å². The number of amides is 1. The number of hydrogen-bond donors (Lipinski definition) is 2. The van der Waals surface area contributed by atoms with Crippen LogP contribution in [0.15, 0.2) is 24.3 Å². The summed E-state index contributed by atoms with van der Waals surface area (Å²) in [4.78, 5) is 21.4. The maximum atomic E-state index is 10.7. The maximum Gasteiger partial charge on any atom is 0.308 e. The molecule has 0 aliphatic rings. The first-order chi connectivity index (χ1) is 7.49. The molecule has 0 heterocycles. The lowest BCUT2D eigenvalue weighted by Gasteiger charge is -2.11. The van der Waals surface area contributed by atoms with Gasteiger partial charge in [-0.2, -0.15) is 0 Å². The van der Waals surface area contributed by atoms with E-state index in [0.29, 0.717) is 11.3 Å². The van der Waals surface area contributed by atoms with Crippen molar-refractivity contribution >= 4 is 11.9 Å². The average Bonchev–Trinajstić information content (AvgIpc) is 2.16. The zero-order valence-corrected chi connectivity index (χ0v) is 8.97. The molecule has 5 nitrogen and oxygen atoms in total. The highest BCUT2D eigenvalue weighted by Crippen LogP contribution is 2.19. The van der Waals surface area contributed by atoms with E-state index in [0.717, 1.165) is 0 Å². The largest absolute Gasteiger partial charge is 0.427 e. The lowest BCUT2D eigenvalue weighted by Crippen LogP contribution is -2.20. The summed E-state index contributed by atoms with van der Waals surface area (Å²) in [5.41, 5.74) is 11.5. The van der Waals surface area contributed by atoms with E-state index in [1.165, 1.54) is 6.92 Å². The van der Waals surface area contributed by atoms with Gasteiger partial charge >= 0.3 is 5.97 Å². The summed E-state index contributed by atoms with van der Waals surface area (Å²) in [6.45, 7) is 1.32. The standard InChI is InChI=1S/C11H14N2O3/c1-7(14)16-9-4-2-3-8(5-9)10(12)6-11(13)15/h2-5,10H,6,12H2,1H3,(H2,13,15). The molecule has 1 unspecified atom stereocenters. The quantitative estimate of drug-likeness (QED) is 0.572. The number of carbonyl (C=O) groups excluding carboxylic acids is 2. The Balaban J connectivity index is 2.80. The van der Waals surface area contributed by atoms with Crippen molar-refractivity contribution in [2.75, 3.05) is 0 Å². The Morgan fingerprint density at radius 3 is 2.69 bits per heavy atom. The van der Waals surface area contributed by atoms with Gasteiger partial charge in [-0.05, 0) is 17.7 Å². The third-order valence-electron chi connectivity index (χ3n) is 1.97. The van der Waals surface area contributed by atoms with Crippen LogP contribution in [-0.2, 0) is 9.59 Å². The normalized spacial score (nSPS) is 11.9. The van der Waals surface area contributed by atoms with Crippen molar-refractivity contribution in [1.82, 2.24) is 0 Å². The van der Waals surface area contributed by atoms with Crippen LogP contribution < -0.4 is 16.2 Å². The Morgan fingerprint density at radius 2 is 2.12 bits per heavy atom. The first kappa shape index (κ1) is 12.2. The number of esters is 1. The average molecular weight is 222 g/mol. The smallest absolute Gasteiger partial charge is 0.308 e. The van der Waals surface area contributed by atoms with Crippen LogP contribution in [0.2, 0.25) is 0 Å². The fraction of sp³-hybridized carbons (Fsp3) is 0.273. The summed E-state index contributed by atoms with van der Waals surface area (Å²) < 4.78 is 4.90. The van der Waals surface area contributed by atoms with Crippen LogP contribution in [0, 0.1) is 0 Å². The van der Waals surface area contributed by atoms with E-state index in [-0.39, 0.29) is 6.42 Å². The van der Waals surface area contributed by atoms with E-state index in [4.69, 9.17) is 16.2 Å². The second-order valence-electron chi connectivity index (χ2n) is 3.44. The topological polar surface area (TPSA) is 95.4 Å². The van der Waals surface area contributed by atoms with Gasteiger partial charge in [0.15, 0.2) is 0 Å². The SMILES string of the molecule is CC(=O)Oc1cccc(C(N)CC(N)=O)c1. The van der Waals surface area contributed by atoms with Crippen molar-refractivity contribution in [2.45, 2.75) is 19.4 Å². The number of benzene rings is 1. The van der Waals surface area contributed by atoms with E-state index < -0.39 is 17.9 Å². The number of ether oxygens (including phenoxy) is 1. The number of carbonyl (C=O) groups is 2. The number of rotatable bonds is 4. The molecule has 0 radical (unpaired) electrons. The molecule has 1 rings (SSSR count). The van der Waals surface area contributed by atoms with E-state index in [2.05, 4.69) is 0 Å². The molecule has 0 fully saturated rings. The molecule has 0 saturated heterocycles. The second-order valence-corrected chi connectivity index (χ2v) is 3.44. The first-order valence-electron chi connectivity index (χ1n) is 4.81. The molecule has 0 bridgehead atoms. The van der Waals surface area contributed by atoms with Crippen LogP contribution in [0.1, 0.15) is 24.9 Å². The molecule has 1 aromatic carbocycles. The van der Waals surface area contributed by atoms with Gasteiger partial charge in [-0.1, -0.05) is 12.1 Å². The molecule has 86 valence electrons. The van der Waals surface area contributed by atoms with Gasteiger partial charge in [0.05, 0.1) is 0 Å². The maximum absolute atomic E-state index is 10.7. The monoisotopic (exact) mass is 222 g/mol.